The predicted molar refractivity (Wildman–Crippen MR) is 161 cm³/mol. The van der Waals surface area contributed by atoms with Crippen molar-refractivity contribution in [3.63, 3.8) is 0 Å². The van der Waals surface area contributed by atoms with Crippen molar-refractivity contribution in [1.29, 1.82) is 0 Å². The molecule has 0 amide bonds. The van der Waals surface area contributed by atoms with Gasteiger partial charge in [-0.25, -0.2) is 0 Å². The van der Waals surface area contributed by atoms with E-state index in [0.29, 0.717) is 25.7 Å². The van der Waals surface area contributed by atoms with Crippen LogP contribution < -0.4 is 0 Å². The molecule has 4 heteroatoms. The van der Waals surface area contributed by atoms with E-state index < -0.39 is 5.97 Å². The second-order valence-electron chi connectivity index (χ2n) is 12.2. The lowest BCUT2D eigenvalue weighted by atomic mass is 9.82. The van der Waals surface area contributed by atoms with Gasteiger partial charge >= 0.3 is 11.9 Å². The Morgan fingerprint density at radius 1 is 0.553 bits per heavy atom. The number of hydrogen-bond donors (Lipinski definition) is 1. The average molecular weight is 537 g/mol. The molecular weight excluding hydrogens is 472 g/mol. The van der Waals surface area contributed by atoms with Crippen LogP contribution in [0.1, 0.15) is 187 Å². The maximum atomic E-state index is 12.8. The van der Waals surface area contributed by atoms with Gasteiger partial charge in [0.2, 0.25) is 0 Å². The van der Waals surface area contributed by atoms with Gasteiger partial charge in [-0.05, 0) is 51.4 Å². The van der Waals surface area contributed by atoms with E-state index in [4.69, 9.17) is 4.74 Å². The van der Waals surface area contributed by atoms with Crippen molar-refractivity contribution in [3.8, 4) is 0 Å². The molecule has 0 heterocycles. The van der Waals surface area contributed by atoms with E-state index in [1.54, 1.807) is 0 Å². The van der Waals surface area contributed by atoms with Gasteiger partial charge in [0.15, 0.2) is 0 Å². The zero-order valence-corrected chi connectivity index (χ0v) is 25.5. The van der Waals surface area contributed by atoms with E-state index >= 15 is 0 Å². The number of ether oxygens (including phenoxy) is 1. The zero-order valence-electron chi connectivity index (χ0n) is 25.5. The summed E-state index contributed by atoms with van der Waals surface area (Å²) in [6.07, 6.45) is 32.7. The first-order valence-electron chi connectivity index (χ1n) is 17.0. The van der Waals surface area contributed by atoms with Crippen LogP contribution in [0.25, 0.3) is 0 Å². The summed E-state index contributed by atoms with van der Waals surface area (Å²) in [6.45, 7) is 4.52. The SMILES string of the molecule is CCCCCCCCCCCCCCCCCCC(CCCCCCC)OC(=O)C1CCC(C(=O)O)CC1. The molecule has 1 fully saturated rings. The summed E-state index contributed by atoms with van der Waals surface area (Å²) in [7, 11) is 0. The fraction of sp³-hybridized carbons (Fsp3) is 0.941. The van der Waals surface area contributed by atoms with Crippen LogP contribution in [-0.4, -0.2) is 23.1 Å². The van der Waals surface area contributed by atoms with Crippen LogP contribution >= 0.6 is 0 Å². The van der Waals surface area contributed by atoms with Gasteiger partial charge in [0, 0.05) is 0 Å². The Bertz CT molecular complexity index is 553. The lowest BCUT2D eigenvalue weighted by molar-refractivity contribution is -0.158. The summed E-state index contributed by atoms with van der Waals surface area (Å²) >= 11 is 0. The third-order valence-electron chi connectivity index (χ3n) is 8.70. The first-order valence-corrected chi connectivity index (χ1v) is 17.0. The molecule has 1 saturated carbocycles. The number of carboxylic acid groups (broad SMARTS) is 1. The number of carboxylic acids is 1. The van der Waals surface area contributed by atoms with Gasteiger partial charge in [-0.3, -0.25) is 9.59 Å². The fourth-order valence-corrected chi connectivity index (χ4v) is 5.99. The van der Waals surface area contributed by atoms with Crippen LogP contribution in [0.4, 0.5) is 0 Å². The molecule has 0 aliphatic heterocycles. The minimum Gasteiger partial charge on any atom is -0.481 e. The van der Waals surface area contributed by atoms with Gasteiger partial charge in [-0.1, -0.05) is 136 Å². The van der Waals surface area contributed by atoms with Crippen molar-refractivity contribution < 1.29 is 19.4 Å². The molecule has 0 radical (unpaired) electrons. The highest BCUT2D eigenvalue weighted by Crippen LogP contribution is 2.30. The molecule has 0 saturated heterocycles. The number of carbonyl (C=O) groups is 2. The first-order chi connectivity index (χ1) is 18.6. The number of hydrogen-bond acceptors (Lipinski definition) is 3. The van der Waals surface area contributed by atoms with Crippen molar-refractivity contribution in [2.75, 3.05) is 0 Å². The summed E-state index contributed by atoms with van der Waals surface area (Å²) in [6, 6.07) is 0. The van der Waals surface area contributed by atoms with Crippen molar-refractivity contribution in [1.82, 2.24) is 0 Å². The molecule has 1 aliphatic carbocycles. The molecule has 1 aliphatic rings. The highest BCUT2D eigenvalue weighted by molar-refractivity contribution is 5.74. The van der Waals surface area contributed by atoms with E-state index in [1.165, 1.54) is 122 Å². The molecule has 1 rings (SSSR count). The van der Waals surface area contributed by atoms with Crippen LogP contribution in [0.15, 0.2) is 0 Å². The van der Waals surface area contributed by atoms with Crippen molar-refractivity contribution in [3.05, 3.63) is 0 Å². The van der Waals surface area contributed by atoms with Gasteiger partial charge in [-0.15, -0.1) is 0 Å². The smallest absolute Gasteiger partial charge is 0.309 e. The van der Waals surface area contributed by atoms with Crippen molar-refractivity contribution in [2.45, 2.75) is 193 Å². The van der Waals surface area contributed by atoms with Crippen LogP contribution in [0.5, 0.6) is 0 Å². The Hall–Kier alpha value is -1.06. The Balaban J connectivity index is 2.12. The lowest BCUT2D eigenvalue weighted by Crippen LogP contribution is -2.29. The molecule has 224 valence electrons. The highest BCUT2D eigenvalue weighted by atomic mass is 16.5. The molecule has 1 unspecified atom stereocenters. The molecule has 4 nitrogen and oxygen atoms in total. The Morgan fingerprint density at radius 2 is 0.868 bits per heavy atom. The van der Waals surface area contributed by atoms with Crippen LogP contribution in [0.3, 0.4) is 0 Å². The summed E-state index contributed by atoms with van der Waals surface area (Å²) in [5.74, 6) is -1.16. The van der Waals surface area contributed by atoms with Gasteiger partial charge in [0.05, 0.1) is 11.8 Å². The largest absolute Gasteiger partial charge is 0.481 e. The number of unbranched alkanes of at least 4 members (excludes halogenated alkanes) is 19. The standard InChI is InChI=1S/C34H64O4/c1-3-5-7-9-10-11-12-13-14-15-16-17-18-19-21-23-25-32(24-22-20-8-6-4-2)38-34(37)31-28-26-30(27-29-31)33(35)36/h30-32H,3-29H2,1-2H3,(H,35,36). The van der Waals surface area contributed by atoms with Crippen LogP contribution in [-0.2, 0) is 14.3 Å². The third kappa shape index (κ3) is 19.1. The molecule has 38 heavy (non-hydrogen) atoms. The highest BCUT2D eigenvalue weighted by Gasteiger charge is 2.31. The maximum Gasteiger partial charge on any atom is 0.309 e. The topological polar surface area (TPSA) is 63.6 Å². The second kappa shape index (κ2) is 24.9. The Labute approximate surface area is 236 Å². The Morgan fingerprint density at radius 3 is 1.21 bits per heavy atom. The van der Waals surface area contributed by atoms with Gasteiger partial charge < -0.3 is 9.84 Å². The quantitative estimate of drug-likeness (QED) is 0.0882. The fourth-order valence-electron chi connectivity index (χ4n) is 5.99. The number of aliphatic carboxylic acids is 1. The van der Waals surface area contributed by atoms with E-state index in [-0.39, 0.29) is 23.9 Å². The van der Waals surface area contributed by atoms with Crippen molar-refractivity contribution >= 4 is 11.9 Å². The average Bonchev–Trinajstić information content (AvgIpc) is 2.92. The summed E-state index contributed by atoms with van der Waals surface area (Å²) in [5, 5.41) is 9.22. The second-order valence-corrected chi connectivity index (χ2v) is 12.2. The first kappa shape index (κ1) is 35.0. The number of rotatable bonds is 26. The minimum absolute atomic E-state index is 0.0490. The monoisotopic (exact) mass is 536 g/mol. The van der Waals surface area contributed by atoms with Gasteiger partial charge in [-0.2, -0.15) is 0 Å². The zero-order chi connectivity index (χ0) is 27.7. The van der Waals surface area contributed by atoms with Crippen LogP contribution in [0, 0.1) is 11.8 Å². The minimum atomic E-state index is -0.717. The van der Waals surface area contributed by atoms with Gasteiger partial charge in [0.25, 0.3) is 0 Å². The lowest BCUT2D eigenvalue weighted by Gasteiger charge is -2.27. The number of esters is 1. The third-order valence-corrected chi connectivity index (χ3v) is 8.70. The van der Waals surface area contributed by atoms with E-state index in [2.05, 4.69) is 13.8 Å². The molecule has 1 atom stereocenters. The van der Waals surface area contributed by atoms with Crippen LogP contribution in [0.2, 0.25) is 0 Å². The molecule has 0 aromatic heterocycles. The van der Waals surface area contributed by atoms with E-state index in [9.17, 15) is 14.7 Å². The molecule has 0 aromatic rings. The molecule has 0 spiro atoms. The van der Waals surface area contributed by atoms with Gasteiger partial charge in [0.1, 0.15) is 6.10 Å². The molecule has 1 N–H and O–H groups in total. The summed E-state index contributed by atoms with van der Waals surface area (Å²) in [4.78, 5) is 24.0. The summed E-state index contributed by atoms with van der Waals surface area (Å²) < 4.78 is 6.03. The molecule has 0 bridgehead atoms. The van der Waals surface area contributed by atoms with E-state index in [1.807, 2.05) is 0 Å². The van der Waals surface area contributed by atoms with Crippen molar-refractivity contribution in [2.24, 2.45) is 11.8 Å². The normalized spacial score (nSPS) is 18.4. The Kier molecular flexibility index (Phi) is 23.0. The molecule has 0 aromatic carbocycles. The number of carbonyl (C=O) groups excluding carboxylic acids is 1. The van der Waals surface area contributed by atoms with E-state index in [0.717, 1.165) is 25.7 Å². The summed E-state index contributed by atoms with van der Waals surface area (Å²) in [5.41, 5.74) is 0. The predicted octanol–water partition coefficient (Wildman–Crippen LogP) is 10.8. The maximum absolute atomic E-state index is 12.8. The molecular formula is C34H64O4.